The molecule has 0 unspecified atom stereocenters. The Hall–Kier alpha value is -1.36. The van der Waals surface area contributed by atoms with E-state index >= 15 is 0 Å². The molecule has 0 aliphatic heterocycles. The van der Waals surface area contributed by atoms with Gasteiger partial charge in [-0.1, -0.05) is 0 Å². The molecule has 0 spiro atoms. The van der Waals surface area contributed by atoms with Crippen molar-refractivity contribution in [3.05, 3.63) is 11.9 Å². The van der Waals surface area contributed by atoms with Crippen LogP contribution in [-0.2, 0) is 0 Å². The summed E-state index contributed by atoms with van der Waals surface area (Å²) < 4.78 is 0. The third-order valence-electron chi connectivity index (χ3n) is 3.75. The summed E-state index contributed by atoms with van der Waals surface area (Å²) in [5.41, 5.74) is 5.82. The average molecular weight is 248 g/mol. The van der Waals surface area contributed by atoms with Crippen LogP contribution in [0, 0.1) is 0 Å². The van der Waals surface area contributed by atoms with Gasteiger partial charge in [0, 0.05) is 18.0 Å². The molecular weight excluding hydrogens is 228 g/mol. The molecule has 0 radical (unpaired) electrons. The van der Waals surface area contributed by atoms with Gasteiger partial charge >= 0.3 is 0 Å². The molecular formula is C13H20N4O. The summed E-state index contributed by atoms with van der Waals surface area (Å²) >= 11 is 0. The number of anilines is 2. The van der Waals surface area contributed by atoms with Crippen LogP contribution in [0.2, 0.25) is 0 Å². The number of nitrogens with one attached hydrogen (secondary N) is 1. The van der Waals surface area contributed by atoms with Crippen molar-refractivity contribution < 1.29 is 5.11 Å². The zero-order valence-electron chi connectivity index (χ0n) is 10.5. The average Bonchev–Trinajstić information content (AvgIpc) is 3.15. The Bertz CT molecular complexity index is 425. The molecule has 0 atom stereocenters. The molecule has 98 valence electrons. The summed E-state index contributed by atoms with van der Waals surface area (Å²) in [6.45, 7) is 0. The second-order valence-electron chi connectivity index (χ2n) is 5.46. The van der Waals surface area contributed by atoms with Crippen LogP contribution >= 0.6 is 0 Å². The van der Waals surface area contributed by atoms with Crippen molar-refractivity contribution in [2.75, 3.05) is 11.1 Å². The van der Waals surface area contributed by atoms with Gasteiger partial charge in [-0.05, 0) is 38.5 Å². The molecule has 0 aromatic carbocycles. The van der Waals surface area contributed by atoms with Gasteiger partial charge in [0.25, 0.3) is 0 Å². The van der Waals surface area contributed by atoms with Crippen molar-refractivity contribution in [3.8, 4) is 0 Å². The fourth-order valence-corrected chi connectivity index (χ4v) is 2.51. The standard InChI is InChI=1S/C13H20N4O/c14-11-7-12(17-13(16-11)8-1-2-8)15-9-3-5-10(18)6-4-9/h7-10,18H,1-6H2,(H3,14,15,16,17). The number of nitrogens with two attached hydrogens (primary N) is 1. The van der Waals surface area contributed by atoms with Crippen molar-refractivity contribution in [2.24, 2.45) is 0 Å². The van der Waals surface area contributed by atoms with Crippen LogP contribution in [0.4, 0.5) is 11.6 Å². The smallest absolute Gasteiger partial charge is 0.136 e. The summed E-state index contributed by atoms with van der Waals surface area (Å²) in [5.74, 6) is 2.78. The Kier molecular flexibility index (Phi) is 3.07. The first kappa shape index (κ1) is 11.7. The lowest BCUT2D eigenvalue weighted by Gasteiger charge is -2.26. The molecule has 2 aliphatic rings. The minimum Gasteiger partial charge on any atom is -0.393 e. The number of hydrogen-bond donors (Lipinski definition) is 3. The fourth-order valence-electron chi connectivity index (χ4n) is 2.51. The quantitative estimate of drug-likeness (QED) is 0.757. The highest BCUT2D eigenvalue weighted by Gasteiger charge is 2.27. The van der Waals surface area contributed by atoms with E-state index in [0.717, 1.165) is 37.3 Å². The largest absolute Gasteiger partial charge is 0.393 e. The molecule has 1 aromatic rings. The van der Waals surface area contributed by atoms with Gasteiger partial charge < -0.3 is 16.2 Å². The van der Waals surface area contributed by atoms with Gasteiger partial charge in [-0.2, -0.15) is 0 Å². The van der Waals surface area contributed by atoms with Gasteiger partial charge in [0.05, 0.1) is 6.10 Å². The second kappa shape index (κ2) is 4.72. The van der Waals surface area contributed by atoms with E-state index in [9.17, 15) is 5.11 Å². The fraction of sp³-hybridized carbons (Fsp3) is 0.692. The van der Waals surface area contributed by atoms with Crippen LogP contribution in [0.25, 0.3) is 0 Å². The summed E-state index contributed by atoms with van der Waals surface area (Å²) in [5, 5.41) is 12.9. The van der Waals surface area contributed by atoms with E-state index in [4.69, 9.17) is 5.73 Å². The highest BCUT2D eigenvalue weighted by atomic mass is 16.3. The Morgan fingerprint density at radius 3 is 2.50 bits per heavy atom. The summed E-state index contributed by atoms with van der Waals surface area (Å²) in [7, 11) is 0. The molecule has 3 rings (SSSR count). The third-order valence-corrected chi connectivity index (χ3v) is 3.75. The number of aliphatic hydroxyl groups excluding tert-OH is 1. The van der Waals surface area contributed by atoms with Crippen molar-refractivity contribution in [1.29, 1.82) is 0 Å². The SMILES string of the molecule is Nc1cc(NC2CCC(O)CC2)nc(C2CC2)n1. The van der Waals surface area contributed by atoms with Gasteiger partial charge in [0.2, 0.25) is 0 Å². The van der Waals surface area contributed by atoms with E-state index in [1.54, 1.807) is 6.07 Å². The maximum absolute atomic E-state index is 9.49. The van der Waals surface area contributed by atoms with Crippen LogP contribution in [0.15, 0.2) is 6.07 Å². The van der Waals surface area contributed by atoms with Crippen LogP contribution in [-0.4, -0.2) is 27.2 Å². The number of nitrogen functional groups attached to an aromatic ring is 1. The topological polar surface area (TPSA) is 84.1 Å². The third kappa shape index (κ3) is 2.72. The lowest BCUT2D eigenvalue weighted by atomic mass is 9.93. The van der Waals surface area contributed by atoms with Gasteiger partial charge in [0.15, 0.2) is 0 Å². The maximum Gasteiger partial charge on any atom is 0.136 e. The van der Waals surface area contributed by atoms with E-state index < -0.39 is 0 Å². The Labute approximate surface area is 107 Å². The molecule has 5 heteroatoms. The number of aliphatic hydroxyl groups is 1. The number of aromatic nitrogens is 2. The predicted molar refractivity (Wildman–Crippen MR) is 70.3 cm³/mol. The number of rotatable bonds is 3. The molecule has 2 fully saturated rings. The summed E-state index contributed by atoms with van der Waals surface area (Å²) in [6, 6.07) is 2.20. The van der Waals surface area contributed by atoms with Crippen molar-refractivity contribution >= 4 is 11.6 Å². The Balaban J connectivity index is 1.68. The molecule has 2 aliphatic carbocycles. The van der Waals surface area contributed by atoms with Crippen LogP contribution in [0.3, 0.4) is 0 Å². The molecule has 1 heterocycles. The van der Waals surface area contributed by atoms with Crippen LogP contribution < -0.4 is 11.1 Å². The minimum atomic E-state index is -0.124. The lowest BCUT2D eigenvalue weighted by molar-refractivity contribution is 0.126. The van der Waals surface area contributed by atoms with E-state index in [1.807, 2.05) is 0 Å². The number of hydrogen-bond acceptors (Lipinski definition) is 5. The predicted octanol–water partition coefficient (Wildman–Crippen LogP) is 1.65. The van der Waals surface area contributed by atoms with Gasteiger partial charge in [-0.15, -0.1) is 0 Å². The summed E-state index contributed by atoms with van der Waals surface area (Å²) in [6.07, 6.45) is 5.95. The van der Waals surface area contributed by atoms with Crippen molar-refractivity contribution in [3.63, 3.8) is 0 Å². The van der Waals surface area contributed by atoms with E-state index in [1.165, 1.54) is 12.8 Å². The van der Waals surface area contributed by atoms with Crippen LogP contribution in [0.5, 0.6) is 0 Å². The lowest BCUT2D eigenvalue weighted by Crippen LogP contribution is -2.28. The number of nitrogens with zero attached hydrogens (tertiary/aromatic N) is 2. The van der Waals surface area contributed by atoms with Crippen molar-refractivity contribution in [2.45, 2.75) is 56.6 Å². The molecule has 2 saturated carbocycles. The zero-order chi connectivity index (χ0) is 12.5. The first-order chi connectivity index (χ1) is 8.70. The summed E-state index contributed by atoms with van der Waals surface area (Å²) in [4.78, 5) is 8.83. The van der Waals surface area contributed by atoms with Gasteiger partial charge in [-0.3, -0.25) is 0 Å². The van der Waals surface area contributed by atoms with E-state index in [2.05, 4.69) is 15.3 Å². The van der Waals surface area contributed by atoms with Gasteiger partial charge in [0.1, 0.15) is 17.5 Å². The zero-order valence-corrected chi connectivity index (χ0v) is 10.5. The highest BCUT2D eigenvalue weighted by molar-refractivity contribution is 5.46. The van der Waals surface area contributed by atoms with E-state index in [0.29, 0.717) is 17.8 Å². The molecule has 0 saturated heterocycles. The first-order valence-electron chi connectivity index (χ1n) is 6.80. The molecule has 0 bridgehead atoms. The normalized spacial score (nSPS) is 28.1. The molecule has 4 N–H and O–H groups in total. The maximum atomic E-state index is 9.49. The molecule has 18 heavy (non-hydrogen) atoms. The van der Waals surface area contributed by atoms with Crippen LogP contribution in [0.1, 0.15) is 50.3 Å². The minimum absolute atomic E-state index is 0.124. The second-order valence-corrected chi connectivity index (χ2v) is 5.46. The van der Waals surface area contributed by atoms with Crippen molar-refractivity contribution in [1.82, 2.24) is 9.97 Å². The van der Waals surface area contributed by atoms with E-state index in [-0.39, 0.29) is 6.10 Å². The van der Waals surface area contributed by atoms with Gasteiger partial charge in [-0.25, -0.2) is 9.97 Å². The Morgan fingerprint density at radius 2 is 1.83 bits per heavy atom. The monoisotopic (exact) mass is 248 g/mol. The molecule has 5 nitrogen and oxygen atoms in total. The first-order valence-corrected chi connectivity index (χ1v) is 6.80. The molecule has 1 aromatic heterocycles. The Morgan fingerprint density at radius 1 is 1.11 bits per heavy atom. The molecule has 0 amide bonds. The highest BCUT2D eigenvalue weighted by Crippen LogP contribution is 2.38.